The van der Waals surface area contributed by atoms with E-state index in [-0.39, 0.29) is 19.0 Å². The summed E-state index contributed by atoms with van der Waals surface area (Å²) in [5, 5.41) is 21.4. The third kappa shape index (κ3) is 5.77. The monoisotopic (exact) mass is 561 g/mol. The van der Waals surface area contributed by atoms with Gasteiger partial charge in [-0.05, 0) is 42.3 Å². The number of halogens is 4. The molecule has 0 spiro atoms. The van der Waals surface area contributed by atoms with Gasteiger partial charge < -0.3 is 24.6 Å². The molecular weight excluding hydrogens is 534 g/mol. The van der Waals surface area contributed by atoms with E-state index in [0.717, 1.165) is 17.7 Å². The molecule has 0 radical (unpaired) electrons. The van der Waals surface area contributed by atoms with Gasteiger partial charge in [0.1, 0.15) is 30.5 Å². The molecule has 1 fully saturated rings. The van der Waals surface area contributed by atoms with Crippen molar-refractivity contribution in [3.05, 3.63) is 83.2 Å². The van der Waals surface area contributed by atoms with Crippen LogP contribution in [-0.2, 0) is 28.8 Å². The Balaban J connectivity index is 1.28. The molecule has 3 heterocycles. The van der Waals surface area contributed by atoms with Crippen molar-refractivity contribution in [2.45, 2.75) is 50.8 Å². The zero-order valence-electron chi connectivity index (χ0n) is 21.6. The fourth-order valence-corrected chi connectivity index (χ4v) is 4.79. The molecular formula is C27H27F4N5O4. The van der Waals surface area contributed by atoms with Gasteiger partial charge in [-0.1, -0.05) is 23.8 Å². The normalized spacial score (nSPS) is 21.3. The first-order valence-electron chi connectivity index (χ1n) is 12.4. The molecule has 0 unspecified atom stereocenters. The minimum Gasteiger partial charge on any atom is -0.387 e. The van der Waals surface area contributed by atoms with Gasteiger partial charge in [0.2, 0.25) is 0 Å². The topological polar surface area (TPSA) is 106 Å². The van der Waals surface area contributed by atoms with Crippen LogP contribution in [0, 0.1) is 12.7 Å². The van der Waals surface area contributed by atoms with Gasteiger partial charge in [-0.15, -0.1) is 0 Å². The second-order valence-electron chi connectivity index (χ2n) is 9.77. The summed E-state index contributed by atoms with van der Waals surface area (Å²) in [6.07, 6.45) is -6.44. The number of nitrogens with zero attached hydrogens (tertiary/aromatic N) is 5. The van der Waals surface area contributed by atoms with E-state index in [9.17, 15) is 27.8 Å². The highest BCUT2D eigenvalue weighted by atomic mass is 19.4. The number of rotatable bonds is 8. The predicted molar refractivity (Wildman–Crippen MR) is 136 cm³/mol. The molecule has 2 aromatic carbocycles. The Hall–Kier alpha value is -3.65. The number of aromatic nitrogens is 4. The molecule has 5 rings (SSSR count). The molecule has 0 amide bonds. The fourth-order valence-electron chi connectivity index (χ4n) is 4.79. The van der Waals surface area contributed by atoms with Crippen molar-refractivity contribution in [3.8, 4) is 0 Å². The molecule has 212 valence electrons. The smallest absolute Gasteiger partial charge is 0.387 e. The lowest BCUT2D eigenvalue weighted by molar-refractivity contribution is -0.137. The molecule has 1 saturated heterocycles. The summed E-state index contributed by atoms with van der Waals surface area (Å²) >= 11 is 0. The molecule has 0 aliphatic carbocycles. The number of anilines is 1. The van der Waals surface area contributed by atoms with Crippen LogP contribution in [-0.4, -0.2) is 61.7 Å². The average molecular weight is 562 g/mol. The number of benzene rings is 2. The summed E-state index contributed by atoms with van der Waals surface area (Å²) in [6.45, 7) is 1.60. The quantitative estimate of drug-likeness (QED) is 0.314. The Kier molecular flexibility index (Phi) is 7.73. The first-order valence-corrected chi connectivity index (χ1v) is 12.4. The minimum atomic E-state index is -4.48. The van der Waals surface area contributed by atoms with E-state index in [0.29, 0.717) is 34.7 Å². The highest BCUT2D eigenvalue weighted by Crippen LogP contribution is 2.34. The van der Waals surface area contributed by atoms with Gasteiger partial charge in [-0.25, -0.2) is 19.3 Å². The number of aliphatic hydroxyl groups is 2. The van der Waals surface area contributed by atoms with Crippen LogP contribution in [0.5, 0.6) is 0 Å². The van der Waals surface area contributed by atoms with E-state index in [4.69, 9.17) is 9.47 Å². The van der Waals surface area contributed by atoms with Crippen LogP contribution in [0.15, 0.2) is 55.1 Å². The summed E-state index contributed by atoms with van der Waals surface area (Å²) in [6, 6.07) is 9.84. The highest BCUT2D eigenvalue weighted by Gasteiger charge is 2.44. The number of aliphatic hydroxyl groups excluding tert-OH is 2. The molecule has 40 heavy (non-hydrogen) atoms. The van der Waals surface area contributed by atoms with Crippen LogP contribution in [0.1, 0.15) is 28.5 Å². The number of hydrogen-bond donors (Lipinski definition) is 2. The van der Waals surface area contributed by atoms with Gasteiger partial charge in [0, 0.05) is 13.6 Å². The average Bonchev–Trinajstić information content (AvgIpc) is 3.44. The second-order valence-corrected chi connectivity index (χ2v) is 9.77. The molecule has 4 aromatic rings. The van der Waals surface area contributed by atoms with Crippen molar-refractivity contribution in [2.24, 2.45) is 0 Å². The van der Waals surface area contributed by atoms with Crippen LogP contribution in [0.25, 0.3) is 11.2 Å². The number of hydrogen-bond acceptors (Lipinski definition) is 8. The summed E-state index contributed by atoms with van der Waals surface area (Å²) in [5.41, 5.74) is 1.47. The predicted octanol–water partition coefficient (Wildman–Crippen LogP) is 3.77. The van der Waals surface area contributed by atoms with E-state index in [1.54, 1.807) is 37.1 Å². The van der Waals surface area contributed by atoms with Gasteiger partial charge in [0.25, 0.3) is 0 Å². The number of aryl methyl sites for hydroxylation is 1. The van der Waals surface area contributed by atoms with Crippen molar-refractivity contribution in [1.29, 1.82) is 0 Å². The van der Waals surface area contributed by atoms with Crippen molar-refractivity contribution >= 4 is 17.0 Å². The molecule has 0 saturated carbocycles. The van der Waals surface area contributed by atoms with Gasteiger partial charge in [0.05, 0.1) is 25.1 Å². The third-order valence-electron chi connectivity index (χ3n) is 6.64. The van der Waals surface area contributed by atoms with E-state index >= 15 is 0 Å². The van der Waals surface area contributed by atoms with E-state index in [1.807, 2.05) is 0 Å². The standard InChI is InChI=1S/C27H27F4N5O4/c1-15-6-17(8-18(7-15)27(29,30)31)11-39-12-20-22(37)23(38)26(40-20)36-14-34-21-24(32-13-33-25(21)36)35(2)10-16-4-3-5-19(28)9-16/h3-9,13-14,20,22-23,26,37-38H,10-12H2,1-2H3/t20-,22-,23-,26-/m1/s1. The number of fused-ring (bicyclic) bond motifs is 1. The molecule has 1 aliphatic rings. The highest BCUT2D eigenvalue weighted by molar-refractivity contribution is 5.83. The number of imidazole rings is 1. The lowest BCUT2D eigenvalue weighted by Crippen LogP contribution is -2.33. The molecule has 0 bridgehead atoms. The van der Waals surface area contributed by atoms with Crippen molar-refractivity contribution < 1.29 is 37.2 Å². The Labute approximate surface area is 226 Å². The Morgan fingerprint density at radius 3 is 2.60 bits per heavy atom. The van der Waals surface area contributed by atoms with Crippen LogP contribution in [0.2, 0.25) is 0 Å². The zero-order valence-corrected chi connectivity index (χ0v) is 21.6. The molecule has 2 aromatic heterocycles. The number of ether oxygens (including phenoxy) is 2. The van der Waals surface area contributed by atoms with Gasteiger partial charge in [0.15, 0.2) is 23.2 Å². The SMILES string of the molecule is Cc1cc(COC[C@H]2O[C@@H](n3cnc4c(N(C)Cc5cccc(F)c5)ncnc43)[C@H](O)[C@@H]2O)cc(C(F)(F)F)c1. The lowest BCUT2D eigenvalue weighted by atomic mass is 10.1. The van der Waals surface area contributed by atoms with E-state index < -0.39 is 36.3 Å². The molecule has 13 heteroatoms. The Bertz CT molecular complexity index is 1500. The second kappa shape index (κ2) is 11.1. The summed E-state index contributed by atoms with van der Waals surface area (Å²) < 4.78 is 65.9. The maximum atomic E-state index is 13.6. The molecule has 2 N–H and O–H groups in total. The minimum absolute atomic E-state index is 0.139. The third-order valence-corrected chi connectivity index (χ3v) is 6.64. The maximum absolute atomic E-state index is 13.6. The van der Waals surface area contributed by atoms with Crippen LogP contribution in [0.3, 0.4) is 0 Å². The Morgan fingerprint density at radius 2 is 1.85 bits per heavy atom. The summed E-state index contributed by atoms with van der Waals surface area (Å²) in [4.78, 5) is 14.8. The first kappa shape index (κ1) is 27.9. The van der Waals surface area contributed by atoms with Crippen molar-refractivity contribution in [1.82, 2.24) is 19.5 Å². The maximum Gasteiger partial charge on any atom is 0.416 e. The van der Waals surface area contributed by atoms with Gasteiger partial charge in [-0.2, -0.15) is 13.2 Å². The van der Waals surface area contributed by atoms with Gasteiger partial charge >= 0.3 is 6.18 Å². The Morgan fingerprint density at radius 1 is 1.05 bits per heavy atom. The van der Waals surface area contributed by atoms with Crippen molar-refractivity contribution in [2.75, 3.05) is 18.6 Å². The van der Waals surface area contributed by atoms with E-state index in [2.05, 4.69) is 15.0 Å². The zero-order chi connectivity index (χ0) is 28.6. The van der Waals surface area contributed by atoms with Crippen molar-refractivity contribution in [3.63, 3.8) is 0 Å². The van der Waals surface area contributed by atoms with Gasteiger partial charge in [-0.3, -0.25) is 4.57 Å². The number of alkyl halides is 3. The first-order chi connectivity index (χ1) is 19.0. The fraction of sp³-hybridized carbons (Fsp3) is 0.370. The molecule has 1 aliphatic heterocycles. The van der Waals surface area contributed by atoms with Crippen LogP contribution < -0.4 is 4.90 Å². The molecule has 4 atom stereocenters. The molecule has 9 nitrogen and oxygen atoms in total. The summed E-state index contributed by atoms with van der Waals surface area (Å²) in [7, 11) is 1.77. The lowest BCUT2D eigenvalue weighted by Gasteiger charge is -2.19. The largest absolute Gasteiger partial charge is 0.416 e. The van der Waals surface area contributed by atoms with Crippen LogP contribution >= 0.6 is 0 Å². The van der Waals surface area contributed by atoms with E-state index in [1.165, 1.54) is 29.4 Å². The summed E-state index contributed by atoms with van der Waals surface area (Å²) in [5.74, 6) is 0.120. The van der Waals surface area contributed by atoms with Crippen LogP contribution in [0.4, 0.5) is 23.4 Å².